The van der Waals surface area contributed by atoms with Crippen LogP contribution in [0.2, 0.25) is 0 Å². The van der Waals surface area contributed by atoms with Gasteiger partial charge in [-0.25, -0.2) is 0 Å². The molecule has 404 valence electrons. The lowest BCUT2D eigenvalue weighted by atomic mass is 9.76. The Labute approximate surface area is 461 Å². The lowest BCUT2D eigenvalue weighted by Crippen LogP contribution is -2.04. The summed E-state index contributed by atoms with van der Waals surface area (Å²) in [6.07, 6.45) is -18.6. The first kappa shape index (κ1) is 53.2. The Morgan fingerprint density at radius 2 is 0.390 bits per heavy atom. The molecule has 0 nitrogen and oxygen atoms in total. The molecule has 0 atom stereocenters. The molecule has 0 saturated heterocycles. The Bertz CT molecular complexity index is 4110. The molecule has 0 aliphatic rings. The maximum atomic E-state index is 14.4. The molecule has 12 aromatic rings. The summed E-state index contributed by atoms with van der Waals surface area (Å²) in [6.45, 7) is 0. The fourth-order valence-electron chi connectivity index (χ4n) is 11.2. The lowest BCUT2D eigenvalue weighted by molar-refractivity contribution is -0.138. The van der Waals surface area contributed by atoms with Gasteiger partial charge < -0.3 is 0 Å². The van der Waals surface area contributed by atoms with E-state index in [0.29, 0.717) is 110 Å². The van der Waals surface area contributed by atoms with Gasteiger partial charge in [-0.2, -0.15) is 52.7 Å². The molecule has 82 heavy (non-hydrogen) atoms. The van der Waals surface area contributed by atoms with Crippen molar-refractivity contribution in [2.45, 2.75) is 24.7 Å². The number of fused-ring (bicyclic) bond motifs is 3. The van der Waals surface area contributed by atoms with Crippen LogP contribution in [0.25, 0.3) is 121 Å². The number of rotatable bonds is 8. The first-order valence-corrected chi connectivity index (χ1v) is 25.7. The Kier molecular flexibility index (Phi) is 13.2. The monoisotopic (exact) mass is 1110 g/mol. The second kappa shape index (κ2) is 20.3. The van der Waals surface area contributed by atoms with Crippen LogP contribution >= 0.6 is 0 Å². The first-order chi connectivity index (χ1) is 39.2. The van der Waals surface area contributed by atoms with E-state index in [1.54, 1.807) is 84.9 Å². The zero-order valence-corrected chi connectivity index (χ0v) is 42.6. The number of halogens is 12. The van der Waals surface area contributed by atoms with Crippen LogP contribution in [0.4, 0.5) is 52.7 Å². The maximum absolute atomic E-state index is 14.4. The van der Waals surface area contributed by atoms with Crippen molar-refractivity contribution in [3.63, 3.8) is 0 Å². The zero-order chi connectivity index (χ0) is 57.3. The predicted octanol–water partition coefficient (Wildman–Crippen LogP) is 22.6. The molecule has 0 amide bonds. The van der Waals surface area contributed by atoms with Gasteiger partial charge in [0, 0.05) is 0 Å². The number of hydrogen-bond donors (Lipinski definition) is 0. The van der Waals surface area contributed by atoms with E-state index in [-0.39, 0.29) is 11.1 Å². The van der Waals surface area contributed by atoms with E-state index in [2.05, 4.69) is 0 Å². The smallest absolute Gasteiger partial charge is 0.166 e. The summed E-state index contributed by atoms with van der Waals surface area (Å²) in [4.78, 5) is 0. The zero-order valence-electron chi connectivity index (χ0n) is 42.6. The van der Waals surface area contributed by atoms with Crippen molar-refractivity contribution in [3.05, 3.63) is 265 Å². The molecule has 12 rings (SSSR count). The van der Waals surface area contributed by atoms with E-state index in [4.69, 9.17) is 0 Å². The van der Waals surface area contributed by atoms with Crippen LogP contribution < -0.4 is 0 Å². The van der Waals surface area contributed by atoms with Crippen molar-refractivity contribution in [2.75, 3.05) is 0 Å². The van der Waals surface area contributed by atoms with E-state index in [1.165, 1.54) is 24.3 Å². The standard InChI is InChI=1S/C70H40F12/c71-67(72,73)53-19-7-15-47(35-53)41-23-27-45(28-24-41)61-58-34-32-52(50-18-10-22-56(38-50)70(80,81)82)40-60(58)64(44-13-5-2-6-14-44)66-62(46-29-25-42(26-30-46)48-16-8-20-54(36-48)68(74,75)76)57-33-31-51(49-17-9-21-55(37-49)69(77,78)79)39-59(57)63(65(61)66)43-11-3-1-4-12-43/h1-40H. The van der Waals surface area contributed by atoms with E-state index < -0.39 is 47.0 Å². The second-order valence-electron chi connectivity index (χ2n) is 20.0. The molecular formula is C70H40F12. The van der Waals surface area contributed by atoms with Gasteiger partial charge in [0.2, 0.25) is 0 Å². The van der Waals surface area contributed by atoms with Crippen molar-refractivity contribution in [3.8, 4) is 89.0 Å². The maximum Gasteiger partial charge on any atom is 0.416 e. The van der Waals surface area contributed by atoms with Crippen LogP contribution in [-0.4, -0.2) is 0 Å². The summed E-state index contributed by atoms with van der Waals surface area (Å²) in [6, 6.07) is 63.6. The third kappa shape index (κ3) is 10.0. The van der Waals surface area contributed by atoms with Gasteiger partial charge in [-0.15, -0.1) is 0 Å². The Morgan fingerprint density at radius 3 is 0.683 bits per heavy atom. The average Bonchev–Trinajstić information content (AvgIpc) is 0.810. The lowest BCUT2D eigenvalue weighted by Gasteiger charge is -2.26. The average molecular weight is 1110 g/mol. The highest BCUT2D eigenvalue weighted by atomic mass is 19.4. The predicted molar refractivity (Wildman–Crippen MR) is 302 cm³/mol. The molecule has 0 saturated carbocycles. The molecule has 0 heterocycles. The summed E-state index contributed by atoms with van der Waals surface area (Å²) in [7, 11) is 0. The molecule has 0 bridgehead atoms. The van der Waals surface area contributed by atoms with Crippen molar-refractivity contribution < 1.29 is 52.7 Å². The Morgan fingerprint density at radius 1 is 0.171 bits per heavy atom. The summed E-state index contributed by atoms with van der Waals surface area (Å²) < 4.78 is 171. The minimum atomic E-state index is -4.66. The summed E-state index contributed by atoms with van der Waals surface area (Å²) in [5, 5.41) is 3.75. The third-order valence-corrected chi connectivity index (χ3v) is 14.9. The van der Waals surface area contributed by atoms with E-state index in [1.807, 2.05) is 84.9 Å². The normalized spacial score (nSPS) is 12.4. The first-order valence-electron chi connectivity index (χ1n) is 25.7. The SMILES string of the molecule is FC(F)(F)c1cccc(-c2ccc(-c3c4ccc(-c5cccc(C(F)(F)F)c5)cc4c(-c4ccccc4)c4c(-c5ccc(-c6cccc(C(F)(F)F)c6)cc5)c5ccc(-c6cccc(C(F)(F)F)c6)cc5c(-c5ccccc5)c34)cc2)c1. The van der Waals surface area contributed by atoms with Crippen LogP contribution in [0.5, 0.6) is 0 Å². The van der Waals surface area contributed by atoms with E-state index in [0.717, 1.165) is 48.5 Å². The van der Waals surface area contributed by atoms with Crippen molar-refractivity contribution in [2.24, 2.45) is 0 Å². The van der Waals surface area contributed by atoms with E-state index in [9.17, 15) is 52.7 Å². The molecular weight excluding hydrogens is 1070 g/mol. The largest absolute Gasteiger partial charge is 0.416 e. The molecule has 12 heteroatoms. The van der Waals surface area contributed by atoms with E-state index >= 15 is 0 Å². The second-order valence-corrected chi connectivity index (χ2v) is 20.0. The minimum Gasteiger partial charge on any atom is -0.166 e. The molecule has 0 aliphatic heterocycles. The molecule has 0 aromatic heterocycles. The number of hydrogen-bond acceptors (Lipinski definition) is 0. The van der Waals surface area contributed by atoms with Crippen molar-refractivity contribution in [1.82, 2.24) is 0 Å². The van der Waals surface area contributed by atoms with Gasteiger partial charge in [-0.05, 0) is 182 Å². The van der Waals surface area contributed by atoms with Gasteiger partial charge in [-0.1, -0.05) is 182 Å². The van der Waals surface area contributed by atoms with Gasteiger partial charge in [0.05, 0.1) is 22.3 Å². The van der Waals surface area contributed by atoms with Crippen LogP contribution in [0.3, 0.4) is 0 Å². The quantitative estimate of drug-likeness (QED) is 0.105. The summed E-state index contributed by atoms with van der Waals surface area (Å²) in [5.41, 5.74) is 4.73. The summed E-state index contributed by atoms with van der Waals surface area (Å²) in [5.74, 6) is 0. The summed E-state index contributed by atoms with van der Waals surface area (Å²) >= 11 is 0. The minimum absolute atomic E-state index is 0.277. The van der Waals surface area contributed by atoms with Gasteiger partial charge in [-0.3, -0.25) is 0 Å². The Balaban J connectivity index is 1.27. The van der Waals surface area contributed by atoms with Crippen LogP contribution in [0.15, 0.2) is 243 Å². The Hall–Kier alpha value is -9.42. The topological polar surface area (TPSA) is 0 Å². The molecule has 0 radical (unpaired) electrons. The van der Waals surface area contributed by atoms with Crippen molar-refractivity contribution in [1.29, 1.82) is 0 Å². The molecule has 12 aromatic carbocycles. The molecule has 0 aliphatic carbocycles. The molecule has 0 unspecified atom stereocenters. The fraction of sp³-hybridized carbons (Fsp3) is 0.0571. The molecule has 0 N–H and O–H groups in total. The molecule has 0 spiro atoms. The highest BCUT2D eigenvalue weighted by molar-refractivity contribution is 6.34. The van der Waals surface area contributed by atoms with Crippen molar-refractivity contribution >= 4 is 32.3 Å². The van der Waals surface area contributed by atoms with Gasteiger partial charge in [0.25, 0.3) is 0 Å². The highest BCUT2D eigenvalue weighted by Gasteiger charge is 2.34. The van der Waals surface area contributed by atoms with Gasteiger partial charge in [0.1, 0.15) is 0 Å². The number of alkyl halides is 12. The van der Waals surface area contributed by atoms with Crippen LogP contribution in [-0.2, 0) is 24.7 Å². The third-order valence-electron chi connectivity index (χ3n) is 14.9. The molecule has 0 fully saturated rings. The van der Waals surface area contributed by atoms with Gasteiger partial charge in [0.15, 0.2) is 0 Å². The van der Waals surface area contributed by atoms with Crippen LogP contribution in [0.1, 0.15) is 22.3 Å². The highest BCUT2D eigenvalue weighted by Crippen LogP contribution is 2.55. The van der Waals surface area contributed by atoms with Crippen LogP contribution in [0, 0.1) is 0 Å². The fourth-order valence-corrected chi connectivity index (χ4v) is 11.2. The van der Waals surface area contributed by atoms with Gasteiger partial charge >= 0.3 is 24.7 Å². The number of benzene rings is 12.